The lowest BCUT2D eigenvalue weighted by molar-refractivity contribution is -0.0635. The Kier molecular flexibility index (Phi) is 5.05. The fourth-order valence-corrected chi connectivity index (χ4v) is 2.22. The molecule has 0 atom stereocenters. The van der Waals surface area contributed by atoms with Crippen LogP contribution in [0.25, 0.3) is 0 Å². The van der Waals surface area contributed by atoms with Crippen LogP contribution in [0.5, 0.6) is 0 Å². The van der Waals surface area contributed by atoms with E-state index in [0.717, 1.165) is 16.9 Å². The number of amides is 2. The van der Waals surface area contributed by atoms with Gasteiger partial charge in [0.25, 0.3) is 0 Å². The third-order valence-corrected chi connectivity index (χ3v) is 3.41. The van der Waals surface area contributed by atoms with Crippen molar-refractivity contribution in [2.24, 2.45) is 0 Å². The number of hydrogen-bond donors (Lipinski definition) is 3. The number of nitrogens with one attached hydrogen (secondary N) is 1. The van der Waals surface area contributed by atoms with E-state index in [1.807, 2.05) is 18.2 Å². The third kappa shape index (κ3) is 3.79. The number of anilines is 2. The van der Waals surface area contributed by atoms with Gasteiger partial charge in [-0.1, -0.05) is 0 Å². The molecular formula is C14H19N3O5. The highest BCUT2D eigenvalue weighted by Gasteiger charge is 2.20. The molecule has 1 aromatic carbocycles. The molecule has 0 bridgehead atoms. The van der Waals surface area contributed by atoms with E-state index in [-0.39, 0.29) is 17.7 Å². The number of ether oxygens (including phenoxy) is 1. The van der Waals surface area contributed by atoms with E-state index in [4.69, 9.17) is 15.1 Å². The molecule has 8 heteroatoms. The van der Waals surface area contributed by atoms with E-state index < -0.39 is 6.09 Å². The average molecular weight is 309 g/mol. The fourth-order valence-electron chi connectivity index (χ4n) is 2.22. The Balaban J connectivity index is 1.93. The van der Waals surface area contributed by atoms with Crippen LogP contribution in [0.2, 0.25) is 0 Å². The summed E-state index contributed by atoms with van der Waals surface area (Å²) in [4.78, 5) is 23.5. The standard InChI is InChI=1S/C14H19N3O5/c1-16-12-4-3-11(9-10(12)5-8-22-14(16)20)15-6-2-7-17(21)13(18)19/h3-4,9,15,21H,2,5-8H2,1H3,(H,18,19). The lowest BCUT2D eigenvalue weighted by atomic mass is 10.1. The molecule has 0 radical (unpaired) electrons. The van der Waals surface area contributed by atoms with Crippen molar-refractivity contribution in [1.29, 1.82) is 0 Å². The van der Waals surface area contributed by atoms with Crippen LogP contribution in [-0.2, 0) is 11.2 Å². The molecule has 0 aromatic heterocycles. The summed E-state index contributed by atoms with van der Waals surface area (Å²) in [6, 6.07) is 5.64. The van der Waals surface area contributed by atoms with Crippen molar-refractivity contribution in [3.05, 3.63) is 23.8 Å². The first-order valence-electron chi connectivity index (χ1n) is 6.95. The number of carbonyl (C=O) groups is 2. The molecule has 0 fully saturated rings. The molecule has 2 rings (SSSR count). The van der Waals surface area contributed by atoms with Gasteiger partial charge in [-0.05, 0) is 30.2 Å². The van der Waals surface area contributed by atoms with Crippen molar-refractivity contribution in [2.75, 3.05) is 37.0 Å². The number of fused-ring (bicyclic) bond motifs is 1. The number of carboxylic acid groups (broad SMARTS) is 1. The van der Waals surface area contributed by atoms with Crippen molar-refractivity contribution in [2.45, 2.75) is 12.8 Å². The van der Waals surface area contributed by atoms with Gasteiger partial charge in [-0.2, -0.15) is 5.06 Å². The topological polar surface area (TPSA) is 102 Å². The largest absolute Gasteiger partial charge is 0.463 e. The molecule has 1 aliphatic rings. The van der Waals surface area contributed by atoms with Crippen molar-refractivity contribution in [3.63, 3.8) is 0 Å². The summed E-state index contributed by atoms with van der Waals surface area (Å²) in [5.41, 5.74) is 2.70. The monoisotopic (exact) mass is 309 g/mol. The molecule has 2 amide bonds. The van der Waals surface area contributed by atoms with Crippen molar-refractivity contribution < 1.29 is 24.6 Å². The predicted molar refractivity (Wildman–Crippen MR) is 79.5 cm³/mol. The Labute approximate surface area is 127 Å². The zero-order valence-corrected chi connectivity index (χ0v) is 12.3. The summed E-state index contributed by atoms with van der Waals surface area (Å²) < 4.78 is 5.06. The normalized spacial score (nSPS) is 13.9. The second-order valence-electron chi connectivity index (χ2n) is 4.95. The molecule has 0 saturated heterocycles. The van der Waals surface area contributed by atoms with E-state index >= 15 is 0 Å². The number of rotatable bonds is 5. The van der Waals surface area contributed by atoms with Crippen LogP contribution >= 0.6 is 0 Å². The van der Waals surface area contributed by atoms with Gasteiger partial charge in [0.1, 0.15) is 0 Å². The summed E-state index contributed by atoms with van der Waals surface area (Å²) in [5, 5.41) is 21.0. The molecule has 1 aromatic rings. The summed E-state index contributed by atoms with van der Waals surface area (Å²) >= 11 is 0. The SMILES string of the molecule is CN1C(=O)OCCc2cc(NCCCN(O)C(=O)O)ccc21. The molecule has 3 N–H and O–H groups in total. The fraction of sp³-hybridized carbons (Fsp3) is 0.429. The second-order valence-corrected chi connectivity index (χ2v) is 4.95. The number of nitrogens with zero attached hydrogens (tertiary/aromatic N) is 2. The first-order valence-corrected chi connectivity index (χ1v) is 6.95. The van der Waals surface area contributed by atoms with Crippen molar-refractivity contribution in [1.82, 2.24) is 5.06 Å². The Morgan fingerprint density at radius 2 is 2.27 bits per heavy atom. The van der Waals surface area contributed by atoms with Gasteiger partial charge in [-0.15, -0.1) is 0 Å². The van der Waals surface area contributed by atoms with Crippen molar-refractivity contribution >= 4 is 23.6 Å². The van der Waals surface area contributed by atoms with E-state index in [9.17, 15) is 9.59 Å². The molecule has 8 nitrogen and oxygen atoms in total. The summed E-state index contributed by atoms with van der Waals surface area (Å²) in [5.74, 6) is 0. The highest BCUT2D eigenvalue weighted by Crippen LogP contribution is 2.26. The lowest BCUT2D eigenvalue weighted by Crippen LogP contribution is -2.27. The number of carbonyl (C=O) groups excluding carboxylic acids is 1. The molecule has 22 heavy (non-hydrogen) atoms. The van der Waals surface area contributed by atoms with Crippen LogP contribution in [0.4, 0.5) is 21.0 Å². The van der Waals surface area contributed by atoms with E-state index in [1.165, 1.54) is 4.90 Å². The van der Waals surface area contributed by atoms with E-state index in [0.29, 0.717) is 26.0 Å². The zero-order valence-electron chi connectivity index (χ0n) is 12.3. The van der Waals surface area contributed by atoms with Gasteiger partial charge in [-0.3, -0.25) is 10.1 Å². The van der Waals surface area contributed by atoms with Crippen LogP contribution in [-0.4, -0.2) is 54.3 Å². The Bertz CT molecular complexity index is 563. The summed E-state index contributed by atoms with van der Waals surface area (Å²) in [6.45, 7) is 0.907. The van der Waals surface area contributed by atoms with Crippen LogP contribution in [0.15, 0.2) is 18.2 Å². The van der Waals surface area contributed by atoms with Gasteiger partial charge >= 0.3 is 12.2 Å². The molecule has 1 aliphatic heterocycles. The predicted octanol–water partition coefficient (Wildman–Crippen LogP) is 1.99. The van der Waals surface area contributed by atoms with E-state index in [1.54, 1.807) is 7.05 Å². The molecule has 0 aliphatic carbocycles. The molecule has 1 heterocycles. The van der Waals surface area contributed by atoms with Crippen molar-refractivity contribution in [3.8, 4) is 0 Å². The minimum atomic E-state index is -1.36. The highest BCUT2D eigenvalue weighted by molar-refractivity contribution is 5.89. The van der Waals surface area contributed by atoms with Gasteiger partial charge in [0.05, 0.1) is 18.8 Å². The van der Waals surface area contributed by atoms with Crippen LogP contribution in [0.1, 0.15) is 12.0 Å². The minimum absolute atomic E-state index is 0.0400. The van der Waals surface area contributed by atoms with E-state index in [2.05, 4.69) is 5.32 Å². The molecule has 0 saturated carbocycles. The minimum Gasteiger partial charge on any atom is -0.463 e. The zero-order chi connectivity index (χ0) is 16.1. The second kappa shape index (κ2) is 6.99. The summed E-state index contributed by atoms with van der Waals surface area (Å²) in [7, 11) is 1.67. The Morgan fingerprint density at radius 3 is 3.00 bits per heavy atom. The van der Waals surface area contributed by atoms with Gasteiger partial charge < -0.3 is 15.2 Å². The quantitative estimate of drug-likeness (QED) is 0.437. The van der Waals surface area contributed by atoms with Gasteiger partial charge in [0.15, 0.2) is 0 Å². The number of hydroxylamine groups is 2. The van der Waals surface area contributed by atoms with Crippen LogP contribution in [0.3, 0.4) is 0 Å². The van der Waals surface area contributed by atoms with Crippen LogP contribution < -0.4 is 10.2 Å². The maximum Gasteiger partial charge on any atom is 0.431 e. The molecule has 0 unspecified atom stereocenters. The average Bonchev–Trinajstić information content (AvgIpc) is 2.63. The number of hydrogen-bond acceptors (Lipinski definition) is 5. The van der Waals surface area contributed by atoms with Gasteiger partial charge in [-0.25, -0.2) is 9.59 Å². The maximum absolute atomic E-state index is 11.6. The summed E-state index contributed by atoms with van der Waals surface area (Å²) in [6.07, 6.45) is -0.611. The van der Waals surface area contributed by atoms with Gasteiger partial charge in [0, 0.05) is 25.7 Å². The molecule has 0 spiro atoms. The highest BCUT2D eigenvalue weighted by atomic mass is 16.6. The first kappa shape index (κ1) is 15.9. The third-order valence-electron chi connectivity index (χ3n) is 3.41. The number of benzene rings is 1. The Hall–Kier alpha value is -2.48. The Morgan fingerprint density at radius 1 is 1.50 bits per heavy atom. The van der Waals surface area contributed by atoms with Gasteiger partial charge in [0.2, 0.25) is 0 Å². The molecule has 120 valence electrons. The first-order chi connectivity index (χ1) is 10.5. The lowest BCUT2D eigenvalue weighted by Gasteiger charge is -2.17. The maximum atomic E-state index is 11.6. The molecular weight excluding hydrogens is 290 g/mol. The number of cyclic esters (lactones) is 1. The van der Waals surface area contributed by atoms with Crippen LogP contribution in [0, 0.1) is 0 Å². The smallest absolute Gasteiger partial charge is 0.431 e.